The Morgan fingerprint density at radius 1 is 1.56 bits per heavy atom. The molecule has 0 aromatic carbocycles. The second kappa shape index (κ2) is 4.33. The maximum absolute atomic E-state index is 11.8. The molecule has 0 bridgehead atoms. The van der Waals surface area contributed by atoms with Gasteiger partial charge in [0.15, 0.2) is 0 Å². The summed E-state index contributed by atoms with van der Waals surface area (Å²) in [4.78, 5) is 18.9. The van der Waals surface area contributed by atoms with Gasteiger partial charge in [0.25, 0.3) is 5.56 Å². The van der Waals surface area contributed by atoms with Crippen molar-refractivity contribution in [3.05, 3.63) is 22.1 Å². The number of nitrogens with zero attached hydrogens (tertiary/aromatic N) is 4. The summed E-state index contributed by atoms with van der Waals surface area (Å²) in [5.74, 6) is 0. The number of hydrogen-bond acceptors (Lipinski definition) is 6. The van der Waals surface area contributed by atoms with Gasteiger partial charge in [-0.05, 0) is 13.8 Å². The van der Waals surface area contributed by atoms with Crippen LogP contribution >= 0.6 is 11.3 Å². The van der Waals surface area contributed by atoms with E-state index in [9.17, 15) is 4.79 Å². The van der Waals surface area contributed by atoms with E-state index in [-0.39, 0.29) is 11.7 Å². The summed E-state index contributed by atoms with van der Waals surface area (Å²) in [6, 6.07) is 1.50. The van der Waals surface area contributed by atoms with Gasteiger partial charge >= 0.3 is 0 Å². The molecule has 1 unspecified atom stereocenters. The van der Waals surface area contributed by atoms with Gasteiger partial charge in [-0.25, -0.2) is 4.98 Å². The van der Waals surface area contributed by atoms with E-state index < -0.39 is 0 Å². The van der Waals surface area contributed by atoms with Gasteiger partial charge in [0.05, 0.1) is 12.7 Å². The first-order valence-electron chi connectivity index (χ1n) is 5.87. The molecule has 0 aliphatic carbocycles. The van der Waals surface area contributed by atoms with Gasteiger partial charge < -0.3 is 9.64 Å². The molecule has 1 saturated heterocycles. The lowest BCUT2D eigenvalue weighted by atomic mass is 10.3. The molecular formula is C11H14N4O2S. The van der Waals surface area contributed by atoms with E-state index in [1.807, 2.05) is 13.8 Å². The smallest absolute Gasteiger partial charge is 0.275 e. The minimum absolute atomic E-state index is 0.124. The highest BCUT2D eigenvalue weighted by Gasteiger charge is 2.20. The SMILES string of the molecule is Cc1cc(=O)n2nc(N3CCOC(C)C3)sc2n1. The van der Waals surface area contributed by atoms with Gasteiger partial charge in [0, 0.05) is 24.8 Å². The van der Waals surface area contributed by atoms with E-state index in [0.29, 0.717) is 11.6 Å². The maximum Gasteiger partial charge on any atom is 0.275 e. The molecule has 2 aromatic heterocycles. The number of ether oxygens (including phenoxy) is 1. The molecular weight excluding hydrogens is 252 g/mol. The molecule has 3 heterocycles. The van der Waals surface area contributed by atoms with E-state index in [2.05, 4.69) is 15.0 Å². The molecule has 0 saturated carbocycles. The predicted octanol–water partition coefficient (Wildman–Crippen LogP) is 0.685. The molecule has 18 heavy (non-hydrogen) atoms. The second-order valence-electron chi connectivity index (χ2n) is 4.44. The molecule has 0 amide bonds. The molecule has 6 nitrogen and oxygen atoms in total. The number of aryl methyl sites for hydroxylation is 1. The van der Waals surface area contributed by atoms with Crippen LogP contribution < -0.4 is 10.5 Å². The molecule has 1 aliphatic rings. The summed E-state index contributed by atoms with van der Waals surface area (Å²) in [6.45, 7) is 6.15. The Kier molecular flexibility index (Phi) is 2.79. The molecule has 0 radical (unpaired) electrons. The van der Waals surface area contributed by atoms with E-state index in [1.54, 1.807) is 0 Å². The first-order valence-corrected chi connectivity index (χ1v) is 6.69. The minimum atomic E-state index is -0.124. The van der Waals surface area contributed by atoms with E-state index >= 15 is 0 Å². The first-order chi connectivity index (χ1) is 8.63. The van der Waals surface area contributed by atoms with Crippen molar-refractivity contribution >= 4 is 21.4 Å². The van der Waals surface area contributed by atoms with E-state index in [0.717, 1.165) is 23.9 Å². The maximum atomic E-state index is 11.8. The Bertz CT molecular complexity index is 635. The zero-order valence-corrected chi connectivity index (χ0v) is 11.1. The first kappa shape index (κ1) is 11.6. The van der Waals surface area contributed by atoms with Crippen molar-refractivity contribution in [2.75, 3.05) is 24.6 Å². The molecule has 2 aromatic rings. The van der Waals surface area contributed by atoms with Crippen LogP contribution in [0.3, 0.4) is 0 Å². The number of aromatic nitrogens is 3. The summed E-state index contributed by atoms with van der Waals surface area (Å²) >= 11 is 1.45. The van der Waals surface area contributed by atoms with Crippen LogP contribution in [0.2, 0.25) is 0 Å². The topological polar surface area (TPSA) is 59.7 Å². The zero-order chi connectivity index (χ0) is 12.7. The number of hydrogen-bond donors (Lipinski definition) is 0. The monoisotopic (exact) mass is 266 g/mol. The van der Waals surface area contributed by atoms with Crippen LogP contribution in [0.15, 0.2) is 10.9 Å². The van der Waals surface area contributed by atoms with Crippen molar-refractivity contribution in [2.24, 2.45) is 0 Å². The number of anilines is 1. The average Bonchev–Trinajstić information content (AvgIpc) is 2.73. The third-order valence-corrected chi connectivity index (χ3v) is 3.84. The molecule has 1 atom stereocenters. The van der Waals surface area contributed by atoms with Crippen LogP contribution in [0.5, 0.6) is 0 Å². The molecule has 0 N–H and O–H groups in total. The second-order valence-corrected chi connectivity index (χ2v) is 5.38. The van der Waals surface area contributed by atoms with Crippen molar-refractivity contribution in [3.63, 3.8) is 0 Å². The van der Waals surface area contributed by atoms with Gasteiger partial charge in [-0.3, -0.25) is 4.79 Å². The summed E-state index contributed by atoms with van der Waals surface area (Å²) in [6.07, 6.45) is 0.192. The third-order valence-electron chi connectivity index (χ3n) is 2.87. The highest BCUT2D eigenvalue weighted by Crippen LogP contribution is 2.23. The molecule has 1 fully saturated rings. The van der Waals surface area contributed by atoms with Crippen molar-refractivity contribution in [3.8, 4) is 0 Å². The van der Waals surface area contributed by atoms with Crippen molar-refractivity contribution < 1.29 is 4.74 Å². The van der Waals surface area contributed by atoms with Gasteiger partial charge in [-0.2, -0.15) is 4.52 Å². The van der Waals surface area contributed by atoms with Crippen LogP contribution in [-0.2, 0) is 4.74 Å². The number of fused-ring (bicyclic) bond motifs is 1. The lowest BCUT2D eigenvalue weighted by Gasteiger charge is -2.30. The van der Waals surface area contributed by atoms with Gasteiger partial charge in [0.1, 0.15) is 0 Å². The highest BCUT2D eigenvalue weighted by atomic mass is 32.1. The Balaban J connectivity index is 2.03. The molecule has 7 heteroatoms. The van der Waals surface area contributed by atoms with Crippen LogP contribution in [0.4, 0.5) is 5.13 Å². The fraction of sp³-hybridized carbons (Fsp3) is 0.545. The molecule has 3 rings (SSSR count). The molecule has 96 valence electrons. The van der Waals surface area contributed by atoms with Crippen LogP contribution in [0.1, 0.15) is 12.6 Å². The minimum Gasteiger partial charge on any atom is -0.375 e. The number of rotatable bonds is 1. The largest absolute Gasteiger partial charge is 0.375 e. The standard InChI is InChI=1S/C11H14N4O2S/c1-7-5-9(16)15-10(12-7)18-11(13-15)14-3-4-17-8(2)6-14/h5,8H,3-4,6H2,1-2H3. The molecule has 0 spiro atoms. The predicted molar refractivity (Wildman–Crippen MR) is 69.5 cm³/mol. The third kappa shape index (κ3) is 1.99. The van der Waals surface area contributed by atoms with Gasteiger partial charge in [-0.1, -0.05) is 11.3 Å². The summed E-state index contributed by atoms with van der Waals surface area (Å²) in [5.41, 5.74) is 0.604. The summed E-state index contributed by atoms with van der Waals surface area (Å²) in [7, 11) is 0. The van der Waals surface area contributed by atoms with Crippen LogP contribution in [0.25, 0.3) is 4.96 Å². The lowest BCUT2D eigenvalue weighted by molar-refractivity contribution is 0.0531. The zero-order valence-electron chi connectivity index (χ0n) is 10.3. The van der Waals surface area contributed by atoms with Crippen molar-refractivity contribution in [1.82, 2.24) is 14.6 Å². The average molecular weight is 266 g/mol. The van der Waals surface area contributed by atoms with E-state index in [4.69, 9.17) is 4.74 Å². The van der Waals surface area contributed by atoms with Crippen molar-refractivity contribution in [1.29, 1.82) is 0 Å². The quantitative estimate of drug-likeness (QED) is 0.760. The van der Waals surface area contributed by atoms with Gasteiger partial charge in [-0.15, -0.1) is 5.10 Å². The fourth-order valence-corrected chi connectivity index (χ4v) is 3.02. The molecule has 1 aliphatic heterocycles. The Labute approximate surface area is 108 Å². The van der Waals surface area contributed by atoms with Gasteiger partial charge in [0.2, 0.25) is 10.1 Å². The highest BCUT2D eigenvalue weighted by molar-refractivity contribution is 7.20. The normalized spacial score (nSPS) is 20.6. The van der Waals surface area contributed by atoms with Crippen LogP contribution in [0, 0.1) is 6.92 Å². The van der Waals surface area contributed by atoms with Crippen molar-refractivity contribution in [2.45, 2.75) is 20.0 Å². The van der Waals surface area contributed by atoms with E-state index in [1.165, 1.54) is 21.9 Å². The Morgan fingerprint density at radius 3 is 3.17 bits per heavy atom. The summed E-state index contributed by atoms with van der Waals surface area (Å²) in [5, 5.41) is 5.18. The van der Waals surface area contributed by atoms with Crippen LogP contribution in [-0.4, -0.2) is 40.4 Å². The lowest BCUT2D eigenvalue weighted by Crippen LogP contribution is -2.41. The Morgan fingerprint density at radius 2 is 2.39 bits per heavy atom. The Hall–Kier alpha value is -1.47. The summed E-state index contributed by atoms with van der Waals surface area (Å²) < 4.78 is 6.87. The number of morpholine rings is 1. The fourth-order valence-electron chi connectivity index (χ4n) is 2.03.